The molecule has 19 heavy (non-hydrogen) atoms. The molecule has 0 unspecified atom stereocenters. The third-order valence-electron chi connectivity index (χ3n) is 2.18. The first-order valence-corrected chi connectivity index (χ1v) is 5.94. The van der Waals surface area contributed by atoms with Crippen LogP contribution in [0.4, 0.5) is 13.2 Å². The normalized spacial score (nSPS) is 11.6. The van der Waals surface area contributed by atoms with Gasteiger partial charge in [0.15, 0.2) is 5.69 Å². The molecule has 0 atom stereocenters. The summed E-state index contributed by atoms with van der Waals surface area (Å²) < 4.78 is 43.4. The monoisotopic (exact) mass is 383 g/mol. The van der Waals surface area contributed by atoms with Gasteiger partial charge in [-0.2, -0.15) is 13.2 Å². The molecule has 0 saturated heterocycles. The summed E-state index contributed by atoms with van der Waals surface area (Å²) >= 11 is 2.03. The van der Waals surface area contributed by atoms with Crippen LogP contribution in [-0.2, 0) is 6.18 Å². The van der Waals surface area contributed by atoms with Crippen molar-refractivity contribution in [2.24, 2.45) is 0 Å². The Labute approximate surface area is 118 Å². The van der Waals surface area contributed by atoms with Crippen LogP contribution < -0.4 is 0 Å². The molecule has 0 radical (unpaired) electrons. The molecular weight excluding hydrogens is 378 g/mol. The number of nitrogens with zero attached hydrogens (tertiary/aromatic N) is 1. The third-order valence-corrected chi connectivity index (χ3v) is 2.90. The lowest BCUT2D eigenvalue weighted by Crippen LogP contribution is -2.11. The highest BCUT2D eigenvalue weighted by atomic mass is 127. The van der Waals surface area contributed by atoms with Gasteiger partial charge in [0.2, 0.25) is 11.7 Å². The van der Waals surface area contributed by atoms with Crippen LogP contribution in [0.5, 0.6) is 0 Å². The average molecular weight is 383 g/mol. The van der Waals surface area contributed by atoms with Crippen molar-refractivity contribution in [3.05, 3.63) is 39.3 Å². The first-order chi connectivity index (χ1) is 8.79. The topological polar surface area (TPSA) is 63.3 Å². The van der Waals surface area contributed by atoms with E-state index in [9.17, 15) is 18.0 Å². The van der Waals surface area contributed by atoms with E-state index in [1.807, 2.05) is 22.6 Å². The van der Waals surface area contributed by atoms with E-state index < -0.39 is 23.6 Å². The van der Waals surface area contributed by atoms with Gasteiger partial charge >= 0.3 is 12.1 Å². The highest BCUT2D eigenvalue weighted by Gasteiger charge is 2.41. The van der Waals surface area contributed by atoms with Gasteiger partial charge in [-0.1, -0.05) is 0 Å². The van der Waals surface area contributed by atoms with E-state index in [2.05, 4.69) is 4.98 Å². The fraction of sp³-hybridized carbons (Fsp3) is 0.0909. The Morgan fingerprint density at radius 2 is 1.84 bits per heavy atom. The van der Waals surface area contributed by atoms with E-state index in [1.165, 1.54) is 12.1 Å². The van der Waals surface area contributed by atoms with Crippen molar-refractivity contribution >= 4 is 28.6 Å². The van der Waals surface area contributed by atoms with Gasteiger partial charge in [0.1, 0.15) is 0 Å². The molecule has 0 fully saturated rings. The predicted octanol–water partition coefficient (Wildman–Crippen LogP) is 3.66. The zero-order chi connectivity index (χ0) is 14.2. The molecule has 100 valence electrons. The molecule has 2 aromatic rings. The second kappa shape index (κ2) is 4.83. The third kappa shape index (κ3) is 2.88. The van der Waals surface area contributed by atoms with Crippen molar-refractivity contribution in [1.29, 1.82) is 0 Å². The summed E-state index contributed by atoms with van der Waals surface area (Å²) in [6.07, 6.45) is -4.88. The van der Waals surface area contributed by atoms with Gasteiger partial charge in [-0.15, -0.1) is 0 Å². The molecule has 8 heteroatoms. The van der Waals surface area contributed by atoms with Gasteiger partial charge in [-0.3, -0.25) is 0 Å². The van der Waals surface area contributed by atoms with Gasteiger partial charge in [0, 0.05) is 9.13 Å². The Morgan fingerprint density at radius 3 is 2.26 bits per heavy atom. The van der Waals surface area contributed by atoms with Crippen LogP contribution in [0.25, 0.3) is 11.5 Å². The second-order valence-corrected chi connectivity index (χ2v) is 4.75. The Kier molecular flexibility index (Phi) is 3.52. The van der Waals surface area contributed by atoms with Gasteiger partial charge in [0.05, 0.1) is 0 Å². The minimum Gasteiger partial charge on any atom is -0.475 e. The number of carboxylic acids is 1. The lowest BCUT2D eigenvalue weighted by Gasteiger charge is -2.00. The van der Waals surface area contributed by atoms with Crippen molar-refractivity contribution < 1.29 is 27.5 Å². The number of oxazole rings is 1. The van der Waals surface area contributed by atoms with Gasteiger partial charge in [-0.25, -0.2) is 9.78 Å². The molecule has 1 N–H and O–H groups in total. The molecule has 0 spiro atoms. The van der Waals surface area contributed by atoms with E-state index in [-0.39, 0.29) is 11.5 Å². The molecule has 0 aliphatic heterocycles. The standard InChI is InChI=1S/C11H5F3INO3/c12-11(13,14)8-7(10(17)18)19-9(16-8)5-1-3-6(15)4-2-5/h1-4H,(H,17,18). The van der Waals surface area contributed by atoms with Crippen LogP contribution in [0.15, 0.2) is 28.7 Å². The van der Waals surface area contributed by atoms with Crippen LogP contribution in [0.3, 0.4) is 0 Å². The summed E-state index contributed by atoms with van der Waals surface area (Å²) in [5.74, 6) is -3.39. The van der Waals surface area contributed by atoms with Crippen LogP contribution in [0.1, 0.15) is 16.2 Å². The van der Waals surface area contributed by atoms with Crippen molar-refractivity contribution in [3.63, 3.8) is 0 Å². The van der Waals surface area contributed by atoms with E-state index in [1.54, 1.807) is 12.1 Å². The number of carboxylic acid groups (broad SMARTS) is 1. The molecule has 0 aliphatic carbocycles. The summed E-state index contributed by atoms with van der Waals surface area (Å²) in [4.78, 5) is 14.0. The number of aromatic nitrogens is 1. The molecule has 0 bridgehead atoms. The minimum atomic E-state index is -4.88. The van der Waals surface area contributed by atoms with E-state index in [4.69, 9.17) is 9.52 Å². The van der Waals surface area contributed by atoms with Crippen molar-refractivity contribution in [3.8, 4) is 11.5 Å². The first kappa shape index (κ1) is 13.8. The second-order valence-electron chi connectivity index (χ2n) is 3.51. The van der Waals surface area contributed by atoms with Crippen LogP contribution in [0, 0.1) is 3.57 Å². The summed E-state index contributed by atoms with van der Waals surface area (Å²) in [7, 11) is 0. The largest absolute Gasteiger partial charge is 0.475 e. The predicted molar refractivity (Wildman–Crippen MR) is 66.6 cm³/mol. The van der Waals surface area contributed by atoms with Crippen molar-refractivity contribution in [1.82, 2.24) is 4.98 Å². The molecule has 1 aromatic heterocycles. The highest BCUT2D eigenvalue weighted by molar-refractivity contribution is 14.1. The number of benzene rings is 1. The zero-order valence-corrected chi connectivity index (χ0v) is 11.2. The molecule has 4 nitrogen and oxygen atoms in total. The van der Waals surface area contributed by atoms with Crippen LogP contribution >= 0.6 is 22.6 Å². The first-order valence-electron chi connectivity index (χ1n) is 4.86. The number of hydrogen-bond donors (Lipinski definition) is 1. The Balaban J connectivity index is 2.55. The number of rotatable bonds is 2. The number of halogens is 4. The lowest BCUT2D eigenvalue weighted by molar-refractivity contribution is -0.141. The number of carbonyl (C=O) groups is 1. The summed E-state index contributed by atoms with van der Waals surface area (Å²) in [5.41, 5.74) is -1.26. The van der Waals surface area contributed by atoms with Crippen molar-refractivity contribution in [2.45, 2.75) is 6.18 Å². The smallest absolute Gasteiger partial charge is 0.437 e. The molecule has 0 saturated carbocycles. The van der Waals surface area contributed by atoms with E-state index >= 15 is 0 Å². The number of aromatic carboxylic acids is 1. The Bertz CT molecular complexity index is 619. The van der Waals surface area contributed by atoms with Gasteiger partial charge in [-0.05, 0) is 46.9 Å². The summed E-state index contributed by atoms with van der Waals surface area (Å²) in [6.45, 7) is 0. The minimum absolute atomic E-state index is 0.276. The van der Waals surface area contributed by atoms with Gasteiger partial charge < -0.3 is 9.52 Å². The molecule has 0 aliphatic rings. The van der Waals surface area contributed by atoms with Crippen LogP contribution in [0.2, 0.25) is 0 Å². The Morgan fingerprint density at radius 1 is 1.26 bits per heavy atom. The number of alkyl halides is 3. The average Bonchev–Trinajstić information content (AvgIpc) is 2.74. The fourth-order valence-corrected chi connectivity index (χ4v) is 1.73. The molecular formula is C11H5F3INO3. The maximum absolute atomic E-state index is 12.6. The maximum atomic E-state index is 12.6. The summed E-state index contributed by atoms with van der Waals surface area (Å²) in [6, 6.07) is 6.29. The zero-order valence-electron chi connectivity index (χ0n) is 9.03. The molecule has 0 amide bonds. The quantitative estimate of drug-likeness (QED) is 0.805. The van der Waals surface area contributed by atoms with E-state index in [0.29, 0.717) is 0 Å². The fourth-order valence-electron chi connectivity index (χ4n) is 1.37. The lowest BCUT2D eigenvalue weighted by atomic mass is 10.2. The molecule has 1 aromatic carbocycles. The van der Waals surface area contributed by atoms with E-state index in [0.717, 1.165) is 3.57 Å². The highest BCUT2D eigenvalue weighted by Crippen LogP contribution is 2.34. The SMILES string of the molecule is O=C(O)c1oc(-c2ccc(I)cc2)nc1C(F)(F)F. The Hall–Kier alpha value is -1.58. The van der Waals surface area contributed by atoms with Crippen LogP contribution in [-0.4, -0.2) is 16.1 Å². The van der Waals surface area contributed by atoms with Gasteiger partial charge in [0.25, 0.3) is 0 Å². The summed E-state index contributed by atoms with van der Waals surface area (Å²) in [5, 5.41) is 8.70. The number of hydrogen-bond acceptors (Lipinski definition) is 3. The maximum Gasteiger partial charge on any atom is 0.437 e. The van der Waals surface area contributed by atoms with Crippen molar-refractivity contribution in [2.75, 3.05) is 0 Å². The molecule has 1 heterocycles. The molecule has 2 rings (SSSR count).